The van der Waals surface area contributed by atoms with Crippen molar-refractivity contribution in [2.75, 3.05) is 20.8 Å². The lowest BCUT2D eigenvalue weighted by molar-refractivity contribution is 0.0884. The quantitative estimate of drug-likeness (QED) is 0.759. The largest absolute Gasteiger partial charge is 0.497 e. The number of aryl methyl sites for hydroxylation is 1. The Morgan fingerprint density at radius 2 is 2.00 bits per heavy atom. The summed E-state index contributed by atoms with van der Waals surface area (Å²) in [6.07, 6.45) is 0.457. The molecule has 0 fully saturated rings. The number of methoxy groups -OCH3 is 2. The third-order valence-corrected chi connectivity index (χ3v) is 2.45. The number of hydrogen-bond acceptors (Lipinski definition) is 4. The maximum absolute atomic E-state index is 9.29. The molecule has 0 aromatic heterocycles. The van der Waals surface area contributed by atoms with Crippen LogP contribution in [0.2, 0.25) is 0 Å². The van der Waals surface area contributed by atoms with Crippen molar-refractivity contribution in [1.29, 1.82) is 0 Å². The fraction of sp³-hybridized carbons (Fsp3) is 0.500. The van der Waals surface area contributed by atoms with Crippen LogP contribution in [-0.4, -0.2) is 37.1 Å². The molecule has 0 radical (unpaired) electrons. The van der Waals surface area contributed by atoms with Crippen molar-refractivity contribution in [2.24, 2.45) is 0 Å². The molecule has 4 heteroatoms. The van der Waals surface area contributed by atoms with E-state index in [1.807, 2.05) is 18.2 Å². The minimum atomic E-state index is -0.684. The highest BCUT2D eigenvalue weighted by molar-refractivity contribution is 5.40. The molecule has 1 atom stereocenters. The molecule has 0 saturated carbocycles. The first-order valence-corrected chi connectivity index (χ1v) is 5.21. The zero-order valence-corrected chi connectivity index (χ0v) is 9.64. The van der Waals surface area contributed by atoms with Gasteiger partial charge in [0.2, 0.25) is 0 Å². The Balaban J connectivity index is 2.75. The molecule has 0 saturated heterocycles. The highest BCUT2D eigenvalue weighted by Crippen LogP contribution is 2.25. The fourth-order valence-electron chi connectivity index (χ4n) is 1.49. The topological polar surface area (TPSA) is 58.9 Å². The Labute approximate surface area is 95.4 Å². The minimum Gasteiger partial charge on any atom is -0.497 e. The second-order valence-electron chi connectivity index (χ2n) is 3.55. The van der Waals surface area contributed by atoms with Crippen LogP contribution in [0.4, 0.5) is 0 Å². The van der Waals surface area contributed by atoms with Crippen molar-refractivity contribution in [3.63, 3.8) is 0 Å². The summed E-state index contributed by atoms with van der Waals surface area (Å²) in [6.45, 7) is -0.216. The average Bonchev–Trinajstić information content (AvgIpc) is 2.35. The van der Waals surface area contributed by atoms with Gasteiger partial charge in [0, 0.05) is 0 Å². The van der Waals surface area contributed by atoms with E-state index in [0.717, 1.165) is 17.1 Å². The first-order chi connectivity index (χ1) is 7.71. The van der Waals surface area contributed by atoms with Gasteiger partial charge in [-0.15, -0.1) is 0 Å². The molecule has 0 aliphatic carbocycles. The van der Waals surface area contributed by atoms with E-state index in [0.29, 0.717) is 12.8 Å². The van der Waals surface area contributed by atoms with E-state index in [2.05, 4.69) is 0 Å². The van der Waals surface area contributed by atoms with Crippen LogP contribution < -0.4 is 9.47 Å². The number of rotatable bonds is 6. The van der Waals surface area contributed by atoms with Crippen molar-refractivity contribution >= 4 is 0 Å². The standard InChI is InChI=1S/C12H18O4/c1-15-11-5-6-12(16-2)9(7-11)3-4-10(14)8-13/h5-7,10,13-14H,3-4,8H2,1-2H3. The van der Waals surface area contributed by atoms with Gasteiger partial charge in [-0.2, -0.15) is 0 Å². The highest BCUT2D eigenvalue weighted by atomic mass is 16.5. The van der Waals surface area contributed by atoms with Gasteiger partial charge >= 0.3 is 0 Å². The molecule has 0 spiro atoms. The van der Waals surface area contributed by atoms with E-state index >= 15 is 0 Å². The van der Waals surface area contributed by atoms with Gasteiger partial charge in [-0.25, -0.2) is 0 Å². The van der Waals surface area contributed by atoms with E-state index in [4.69, 9.17) is 14.6 Å². The normalized spacial score (nSPS) is 12.2. The number of aliphatic hydroxyl groups excluding tert-OH is 2. The lowest BCUT2D eigenvalue weighted by atomic mass is 10.1. The average molecular weight is 226 g/mol. The molecular weight excluding hydrogens is 208 g/mol. The van der Waals surface area contributed by atoms with Crippen LogP contribution in [0.25, 0.3) is 0 Å². The summed E-state index contributed by atoms with van der Waals surface area (Å²) in [4.78, 5) is 0. The van der Waals surface area contributed by atoms with Crippen LogP contribution in [-0.2, 0) is 6.42 Å². The number of benzene rings is 1. The van der Waals surface area contributed by atoms with Crippen LogP contribution in [0.15, 0.2) is 18.2 Å². The molecule has 16 heavy (non-hydrogen) atoms. The summed E-state index contributed by atoms with van der Waals surface area (Å²) < 4.78 is 10.3. The molecule has 0 bridgehead atoms. The molecule has 0 aliphatic rings. The predicted octanol–water partition coefficient (Wildman–Crippen LogP) is 0.990. The smallest absolute Gasteiger partial charge is 0.122 e. The molecule has 0 amide bonds. The molecule has 0 heterocycles. The highest BCUT2D eigenvalue weighted by Gasteiger charge is 2.08. The lowest BCUT2D eigenvalue weighted by Gasteiger charge is -2.12. The molecule has 1 aromatic rings. The summed E-state index contributed by atoms with van der Waals surface area (Å²) in [6, 6.07) is 5.53. The van der Waals surface area contributed by atoms with Crippen LogP contribution in [0.3, 0.4) is 0 Å². The Morgan fingerprint density at radius 1 is 1.25 bits per heavy atom. The molecule has 1 aromatic carbocycles. The van der Waals surface area contributed by atoms with E-state index in [1.165, 1.54) is 0 Å². The second-order valence-corrected chi connectivity index (χ2v) is 3.55. The molecular formula is C12H18O4. The Kier molecular flexibility index (Phi) is 5.08. The van der Waals surface area contributed by atoms with Gasteiger partial charge in [-0.05, 0) is 36.6 Å². The fourth-order valence-corrected chi connectivity index (χ4v) is 1.49. The van der Waals surface area contributed by atoms with Crippen molar-refractivity contribution in [3.8, 4) is 11.5 Å². The summed E-state index contributed by atoms with van der Waals surface area (Å²) in [5.41, 5.74) is 0.967. The lowest BCUT2D eigenvalue weighted by Crippen LogP contribution is -2.12. The molecule has 4 nitrogen and oxygen atoms in total. The first-order valence-electron chi connectivity index (χ1n) is 5.21. The predicted molar refractivity (Wildman–Crippen MR) is 61.0 cm³/mol. The Morgan fingerprint density at radius 3 is 2.56 bits per heavy atom. The number of hydrogen-bond donors (Lipinski definition) is 2. The summed E-state index contributed by atoms with van der Waals surface area (Å²) in [7, 11) is 3.21. The molecule has 1 unspecified atom stereocenters. The number of ether oxygens (including phenoxy) is 2. The van der Waals surface area contributed by atoms with E-state index in [9.17, 15) is 5.11 Å². The monoisotopic (exact) mass is 226 g/mol. The molecule has 1 rings (SSSR count). The van der Waals surface area contributed by atoms with Crippen molar-refractivity contribution in [3.05, 3.63) is 23.8 Å². The third-order valence-electron chi connectivity index (χ3n) is 2.45. The molecule has 2 N–H and O–H groups in total. The number of aliphatic hydroxyl groups is 2. The van der Waals surface area contributed by atoms with Crippen LogP contribution in [0.1, 0.15) is 12.0 Å². The van der Waals surface area contributed by atoms with Crippen LogP contribution in [0.5, 0.6) is 11.5 Å². The second kappa shape index (κ2) is 6.35. The van der Waals surface area contributed by atoms with Gasteiger partial charge in [-0.1, -0.05) is 0 Å². The zero-order valence-electron chi connectivity index (χ0n) is 9.64. The van der Waals surface area contributed by atoms with Gasteiger partial charge < -0.3 is 19.7 Å². The van der Waals surface area contributed by atoms with Crippen LogP contribution in [0, 0.1) is 0 Å². The van der Waals surface area contributed by atoms with E-state index < -0.39 is 6.10 Å². The van der Waals surface area contributed by atoms with E-state index in [-0.39, 0.29) is 6.61 Å². The zero-order chi connectivity index (χ0) is 12.0. The van der Waals surface area contributed by atoms with Crippen molar-refractivity contribution in [1.82, 2.24) is 0 Å². The van der Waals surface area contributed by atoms with Crippen molar-refractivity contribution < 1.29 is 19.7 Å². The minimum absolute atomic E-state index is 0.216. The van der Waals surface area contributed by atoms with Gasteiger partial charge in [-0.3, -0.25) is 0 Å². The third kappa shape index (κ3) is 3.40. The summed E-state index contributed by atoms with van der Waals surface area (Å²) in [5.74, 6) is 1.53. The van der Waals surface area contributed by atoms with Gasteiger partial charge in [0.05, 0.1) is 26.9 Å². The van der Waals surface area contributed by atoms with Gasteiger partial charge in [0.1, 0.15) is 11.5 Å². The SMILES string of the molecule is COc1ccc(OC)c(CCC(O)CO)c1. The molecule has 90 valence electrons. The maximum atomic E-state index is 9.29. The van der Waals surface area contributed by atoms with Gasteiger partial charge in [0.15, 0.2) is 0 Å². The first kappa shape index (κ1) is 12.8. The summed E-state index contributed by atoms with van der Waals surface area (Å²) >= 11 is 0. The van der Waals surface area contributed by atoms with Crippen molar-refractivity contribution in [2.45, 2.75) is 18.9 Å². The van der Waals surface area contributed by atoms with Gasteiger partial charge in [0.25, 0.3) is 0 Å². The van der Waals surface area contributed by atoms with Crippen LogP contribution >= 0.6 is 0 Å². The molecule has 0 aliphatic heterocycles. The maximum Gasteiger partial charge on any atom is 0.122 e. The Bertz CT molecular complexity index is 325. The summed E-state index contributed by atoms with van der Waals surface area (Å²) in [5, 5.41) is 18.0. The van der Waals surface area contributed by atoms with E-state index in [1.54, 1.807) is 14.2 Å². The Hall–Kier alpha value is -1.26.